The van der Waals surface area contributed by atoms with Crippen molar-refractivity contribution in [3.05, 3.63) is 16.9 Å². The van der Waals surface area contributed by atoms with Gasteiger partial charge >= 0.3 is 5.97 Å². The van der Waals surface area contributed by atoms with Gasteiger partial charge in [0.1, 0.15) is 5.54 Å². The smallest absolute Gasteiger partial charge is 0.326 e. The average molecular weight is 342 g/mol. The van der Waals surface area contributed by atoms with Crippen LogP contribution in [0.3, 0.4) is 0 Å². The molecule has 1 aromatic rings. The van der Waals surface area contributed by atoms with Crippen LogP contribution in [0.1, 0.15) is 44.6 Å². The molecule has 1 N–H and O–H groups in total. The second kappa shape index (κ2) is 5.48. The highest BCUT2D eigenvalue weighted by Crippen LogP contribution is 2.38. The lowest BCUT2D eigenvalue weighted by Crippen LogP contribution is -2.56. The third kappa shape index (κ3) is 2.76. The lowest BCUT2D eigenvalue weighted by molar-refractivity contribution is -0.151. The van der Waals surface area contributed by atoms with Crippen LogP contribution >= 0.6 is 15.9 Å². The van der Waals surface area contributed by atoms with Crippen LogP contribution < -0.4 is 5.32 Å². The summed E-state index contributed by atoms with van der Waals surface area (Å²) in [6.45, 7) is 0. The molecule has 110 valence electrons. The highest BCUT2D eigenvalue weighted by molar-refractivity contribution is 9.10. The number of ether oxygens (including phenoxy) is 1. The minimum Gasteiger partial charge on any atom is -0.468 e. The van der Waals surface area contributed by atoms with E-state index in [4.69, 9.17) is 4.74 Å². The van der Waals surface area contributed by atoms with Crippen LogP contribution in [0.2, 0.25) is 0 Å². The van der Waals surface area contributed by atoms with Crippen LogP contribution in [0.4, 0.5) is 0 Å². The van der Waals surface area contributed by atoms with Crippen LogP contribution in [0.15, 0.2) is 16.9 Å². The average Bonchev–Trinajstić information content (AvgIpc) is 3.16. The molecule has 2 aliphatic rings. The Bertz CT molecular complexity index is 500. The van der Waals surface area contributed by atoms with Gasteiger partial charge in [-0.15, -0.1) is 0 Å². The van der Waals surface area contributed by atoms with Gasteiger partial charge in [0.05, 0.1) is 23.8 Å². The van der Waals surface area contributed by atoms with Gasteiger partial charge in [0, 0.05) is 12.2 Å². The molecule has 0 saturated heterocycles. The Labute approximate surface area is 127 Å². The minimum atomic E-state index is -0.530. The van der Waals surface area contributed by atoms with Crippen LogP contribution in [-0.4, -0.2) is 34.4 Å². The van der Waals surface area contributed by atoms with E-state index in [1.165, 1.54) is 7.11 Å². The summed E-state index contributed by atoms with van der Waals surface area (Å²) < 4.78 is 8.01. The first-order valence-corrected chi connectivity index (χ1v) is 7.98. The Hall–Kier alpha value is -0.880. The van der Waals surface area contributed by atoms with E-state index in [-0.39, 0.29) is 12.0 Å². The first kappa shape index (κ1) is 14.1. The van der Waals surface area contributed by atoms with Gasteiger partial charge < -0.3 is 4.74 Å². The Morgan fingerprint density at radius 3 is 2.95 bits per heavy atom. The van der Waals surface area contributed by atoms with Crippen molar-refractivity contribution in [1.82, 2.24) is 15.1 Å². The van der Waals surface area contributed by atoms with Crippen molar-refractivity contribution in [2.75, 3.05) is 7.11 Å². The predicted molar refractivity (Wildman–Crippen MR) is 78.3 cm³/mol. The van der Waals surface area contributed by atoms with Crippen molar-refractivity contribution < 1.29 is 9.53 Å². The standard InChI is InChI=1S/C14H20BrN3O2/c1-20-13(19)14(17-11-4-5-11)6-2-3-12(7-14)18-9-10(15)8-16-18/h8-9,11-12,17H,2-7H2,1H3. The largest absolute Gasteiger partial charge is 0.468 e. The van der Waals surface area contributed by atoms with Gasteiger partial charge in [0.25, 0.3) is 0 Å². The molecule has 2 aliphatic carbocycles. The highest BCUT2D eigenvalue weighted by Gasteiger charge is 2.47. The predicted octanol–water partition coefficient (Wildman–Crippen LogP) is 2.42. The van der Waals surface area contributed by atoms with E-state index in [2.05, 4.69) is 26.3 Å². The van der Waals surface area contributed by atoms with Crippen molar-refractivity contribution in [3.8, 4) is 0 Å². The van der Waals surface area contributed by atoms with Gasteiger partial charge in [-0.1, -0.05) is 0 Å². The zero-order valence-electron chi connectivity index (χ0n) is 11.6. The summed E-state index contributed by atoms with van der Waals surface area (Å²) in [5, 5.41) is 7.91. The fraction of sp³-hybridized carbons (Fsp3) is 0.714. The molecule has 0 aromatic carbocycles. The fourth-order valence-corrected chi connectivity index (χ4v) is 3.48. The van der Waals surface area contributed by atoms with E-state index in [1.807, 2.05) is 10.9 Å². The van der Waals surface area contributed by atoms with Crippen molar-refractivity contribution in [3.63, 3.8) is 0 Å². The van der Waals surface area contributed by atoms with Crippen molar-refractivity contribution in [2.45, 2.75) is 56.1 Å². The third-order valence-corrected chi connectivity index (χ3v) is 4.71. The molecule has 20 heavy (non-hydrogen) atoms. The first-order chi connectivity index (χ1) is 9.63. The van der Waals surface area contributed by atoms with Gasteiger partial charge in [-0.2, -0.15) is 5.10 Å². The molecule has 2 fully saturated rings. The number of esters is 1. The molecule has 2 unspecified atom stereocenters. The van der Waals surface area contributed by atoms with Gasteiger partial charge in [-0.25, -0.2) is 0 Å². The van der Waals surface area contributed by atoms with Crippen molar-refractivity contribution >= 4 is 21.9 Å². The number of rotatable bonds is 4. The summed E-state index contributed by atoms with van der Waals surface area (Å²) >= 11 is 3.43. The topological polar surface area (TPSA) is 56.1 Å². The Balaban J connectivity index is 1.80. The lowest BCUT2D eigenvalue weighted by Gasteiger charge is -2.39. The van der Waals surface area contributed by atoms with Crippen LogP contribution in [0, 0.1) is 0 Å². The van der Waals surface area contributed by atoms with Gasteiger partial charge in [0.2, 0.25) is 0 Å². The van der Waals surface area contributed by atoms with Crippen molar-refractivity contribution in [1.29, 1.82) is 0 Å². The maximum Gasteiger partial charge on any atom is 0.326 e. The molecular weight excluding hydrogens is 322 g/mol. The minimum absolute atomic E-state index is 0.125. The number of carbonyl (C=O) groups is 1. The fourth-order valence-electron chi connectivity index (χ4n) is 3.18. The summed E-state index contributed by atoms with van der Waals surface area (Å²) in [4.78, 5) is 12.3. The summed E-state index contributed by atoms with van der Waals surface area (Å²) in [5.74, 6) is -0.125. The molecule has 3 rings (SSSR count). The maximum absolute atomic E-state index is 12.3. The number of nitrogens with zero attached hydrogens (tertiary/aromatic N) is 2. The summed E-state index contributed by atoms with van der Waals surface area (Å²) in [6, 6.07) is 0.734. The zero-order valence-corrected chi connectivity index (χ0v) is 13.2. The molecule has 0 radical (unpaired) electrons. The molecule has 5 nitrogen and oxygen atoms in total. The Morgan fingerprint density at radius 2 is 2.35 bits per heavy atom. The molecule has 0 bridgehead atoms. The van der Waals surface area contributed by atoms with Gasteiger partial charge in [0.15, 0.2) is 0 Å². The van der Waals surface area contributed by atoms with E-state index >= 15 is 0 Å². The molecule has 0 aliphatic heterocycles. The van der Waals surface area contributed by atoms with Crippen molar-refractivity contribution in [2.24, 2.45) is 0 Å². The van der Waals surface area contributed by atoms with Crippen LogP contribution in [-0.2, 0) is 9.53 Å². The second-order valence-electron chi connectivity index (χ2n) is 5.88. The van der Waals surface area contributed by atoms with Crippen LogP contribution in [0.25, 0.3) is 0 Å². The summed E-state index contributed by atoms with van der Waals surface area (Å²) in [5.41, 5.74) is -0.530. The van der Waals surface area contributed by atoms with E-state index < -0.39 is 5.54 Å². The molecule has 1 aromatic heterocycles. The number of carbonyl (C=O) groups excluding carboxylic acids is 1. The Kier molecular flexibility index (Phi) is 3.86. The molecule has 2 atom stereocenters. The number of aromatic nitrogens is 2. The summed E-state index contributed by atoms with van der Waals surface area (Å²) in [6.07, 6.45) is 9.78. The highest BCUT2D eigenvalue weighted by atomic mass is 79.9. The molecule has 2 saturated carbocycles. The van der Waals surface area contributed by atoms with Gasteiger partial charge in [-0.3, -0.25) is 14.8 Å². The number of nitrogens with one attached hydrogen (secondary N) is 1. The number of hydrogen-bond acceptors (Lipinski definition) is 4. The normalized spacial score (nSPS) is 30.2. The SMILES string of the molecule is COC(=O)C1(NC2CC2)CCCC(n2cc(Br)cn2)C1. The number of hydrogen-bond donors (Lipinski definition) is 1. The van der Waals surface area contributed by atoms with E-state index in [0.717, 1.165) is 43.0 Å². The summed E-state index contributed by atoms with van der Waals surface area (Å²) in [7, 11) is 1.48. The zero-order chi connectivity index (χ0) is 14.2. The second-order valence-corrected chi connectivity index (χ2v) is 6.80. The molecule has 0 amide bonds. The van der Waals surface area contributed by atoms with Gasteiger partial charge in [-0.05, 0) is 54.5 Å². The lowest BCUT2D eigenvalue weighted by atomic mass is 9.78. The third-order valence-electron chi connectivity index (χ3n) is 4.30. The number of methoxy groups -OCH3 is 1. The first-order valence-electron chi connectivity index (χ1n) is 7.19. The molecular formula is C14H20BrN3O2. The molecule has 1 heterocycles. The number of halogens is 1. The Morgan fingerprint density at radius 1 is 1.55 bits per heavy atom. The van der Waals surface area contributed by atoms with E-state index in [1.54, 1.807) is 6.20 Å². The van der Waals surface area contributed by atoms with E-state index in [9.17, 15) is 4.79 Å². The molecule has 6 heteroatoms. The molecule has 0 spiro atoms. The monoisotopic (exact) mass is 341 g/mol. The quantitative estimate of drug-likeness (QED) is 0.854. The van der Waals surface area contributed by atoms with E-state index in [0.29, 0.717) is 6.04 Å². The maximum atomic E-state index is 12.3. The van der Waals surface area contributed by atoms with Crippen LogP contribution in [0.5, 0.6) is 0 Å².